The molecule has 0 aromatic heterocycles. The van der Waals surface area contributed by atoms with Crippen LogP contribution in [0.15, 0.2) is 42.5 Å². The topological polar surface area (TPSA) is 46.5 Å². The van der Waals surface area contributed by atoms with Crippen molar-refractivity contribution in [1.82, 2.24) is 0 Å². The van der Waals surface area contributed by atoms with Crippen molar-refractivity contribution in [2.45, 2.75) is 6.42 Å². The Kier molecular flexibility index (Phi) is 3.80. The lowest BCUT2D eigenvalue weighted by atomic mass is 10.0. The van der Waals surface area contributed by atoms with Gasteiger partial charge in [0.2, 0.25) is 0 Å². The lowest BCUT2D eigenvalue weighted by Crippen LogP contribution is -2.06. The highest BCUT2D eigenvalue weighted by Crippen LogP contribution is 2.24. The largest absolute Gasteiger partial charge is 0.508 e. The summed E-state index contributed by atoms with van der Waals surface area (Å²) in [5.74, 6) is -0.754. The second-order valence-corrected chi connectivity index (χ2v) is 4.11. The zero-order valence-corrected chi connectivity index (χ0v) is 10.4. The van der Waals surface area contributed by atoms with E-state index in [-0.39, 0.29) is 17.7 Å². The van der Waals surface area contributed by atoms with Gasteiger partial charge in [0.15, 0.2) is 0 Å². The van der Waals surface area contributed by atoms with E-state index in [0.717, 1.165) is 11.1 Å². The quantitative estimate of drug-likeness (QED) is 0.863. The Labute approximate surface area is 110 Å². The van der Waals surface area contributed by atoms with E-state index >= 15 is 0 Å². The fourth-order valence-corrected chi connectivity index (χ4v) is 1.77. The summed E-state index contributed by atoms with van der Waals surface area (Å²) in [6, 6.07) is 11.1. The lowest BCUT2D eigenvalue weighted by molar-refractivity contribution is -0.139. The Morgan fingerprint density at radius 3 is 2.42 bits per heavy atom. The molecular weight excluding hydrogens is 247 g/mol. The van der Waals surface area contributed by atoms with Crippen molar-refractivity contribution in [1.29, 1.82) is 0 Å². The van der Waals surface area contributed by atoms with E-state index in [1.54, 1.807) is 36.4 Å². The van der Waals surface area contributed by atoms with Crippen molar-refractivity contribution in [2.75, 3.05) is 7.11 Å². The standard InChI is InChI=1S/C15H13FO3/c1-19-15(18)9-12-8-11(4-7-14(12)16)10-2-5-13(17)6-3-10/h2-8,17H,9H2,1H3. The summed E-state index contributed by atoms with van der Waals surface area (Å²) in [5.41, 5.74) is 1.90. The highest BCUT2D eigenvalue weighted by atomic mass is 19.1. The number of halogens is 1. The van der Waals surface area contributed by atoms with Crippen LogP contribution in [0.3, 0.4) is 0 Å². The van der Waals surface area contributed by atoms with Crippen molar-refractivity contribution >= 4 is 5.97 Å². The summed E-state index contributed by atoms with van der Waals surface area (Å²) in [5, 5.41) is 9.23. The molecule has 3 nitrogen and oxygen atoms in total. The van der Waals surface area contributed by atoms with E-state index in [1.807, 2.05) is 0 Å². The summed E-state index contributed by atoms with van der Waals surface area (Å²) >= 11 is 0. The van der Waals surface area contributed by atoms with Gasteiger partial charge in [0, 0.05) is 0 Å². The molecule has 2 aromatic carbocycles. The first kappa shape index (κ1) is 13.1. The van der Waals surface area contributed by atoms with Crippen LogP contribution in [-0.4, -0.2) is 18.2 Å². The van der Waals surface area contributed by atoms with Crippen molar-refractivity contribution in [3.63, 3.8) is 0 Å². The predicted molar refractivity (Wildman–Crippen MR) is 69.2 cm³/mol. The molecule has 0 unspecified atom stereocenters. The fourth-order valence-electron chi connectivity index (χ4n) is 1.77. The van der Waals surface area contributed by atoms with Gasteiger partial charge >= 0.3 is 5.97 Å². The van der Waals surface area contributed by atoms with Crippen LogP contribution in [0.5, 0.6) is 5.75 Å². The molecule has 0 heterocycles. The number of phenols is 1. The van der Waals surface area contributed by atoms with Crippen LogP contribution in [0.1, 0.15) is 5.56 Å². The number of benzene rings is 2. The highest BCUT2D eigenvalue weighted by molar-refractivity contribution is 5.74. The second kappa shape index (κ2) is 5.52. The fraction of sp³-hybridized carbons (Fsp3) is 0.133. The highest BCUT2D eigenvalue weighted by Gasteiger charge is 2.10. The molecule has 0 bridgehead atoms. The Morgan fingerprint density at radius 1 is 1.16 bits per heavy atom. The monoisotopic (exact) mass is 260 g/mol. The number of methoxy groups -OCH3 is 1. The van der Waals surface area contributed by atoms with E-state index < -0.39 is 11.8 Å². The lowest BCUT2D eigenvalue weighted by Gasteiger charge is -2.06. The third-order valence-electron chi connectivity index (χ3n) is 2.81. The predicted octanol–water partition coefficient (Wildman–Crippen LogP) is 2.91. The Balaban J connectivity index is 2.35. The van der Waals surface area contributed by atoms with Crippen molar-refractivity contribution in [2.24, 2.45) is 0 Å². The number of carbonyl (C=O) groups is 1. The van der Waals surface area contributed by atoms with Crippen LogP contribution in [0.2, 0.25) is 0 Å². The SMILES string of the molecule is COC(=O)Cc1cc(-c2ccc(O)cc2)ccc1F. The molecule has 4 heteroatoms. The summed E-state index contributed by atoms with van der Waals surface area (Å²) in [6.07, 6.45) is -0.103. The first-order valence-electron chi connectivity index (χ1n) is 5.75. The smallest absolute Gasteiger partial charge is 0.310 e. The maximum absolute atomic E-state index is 13.6. The summed E-state index contributed by atoms with van der Waals surface area (Å²) in [4.78, 5) is 11.2. The number of ether oxygens (including phenoxy) is 1. The van der Waals surface area contributed by atoms with Crippen molar-refractivity contribution in [3.05, 3.63) is 53.8 Å². The van der Waals surface area contributed by atoms with Gasteiger partial charge in [-0.05, 0) is 41.0 Å². The van der Waals surface area contributed by atoms with E-state index in [2.05, 4.69) is 4.74 Å². The summed E-state index contributed by atoms with van der Waals surface area (Å²) < 4.78 is 18.1. The van der Waals surface area contributed by atoms with E-state index in [9.17, 15) is 14.3 Å². The van der Waals surface area contributed by atoms with Crippen LogP contribution in [0, 0.1) is 5.82 Å². The van der Waals surface area contributed by atoms with Gasteiger partial charge in [-0.25, -0.2) is 4.39 Å². The zero-order valence-electron chi connectivity index (χ0n) is 10.4. The van der Waals surface area contributed by atoms with Gasteiger partial charge in [0.25, 0.3) is 0 Å². The molecule has 0 spiro atoms. The number of hydrogen-bond acceptors (Lipinski definition) is 3. The summed E-state index contributed by atoms with van der Waals surface area (Å²) in [7, 11) is 1.27. The molecule has 0 radical (unpaired) electrons. The molecule has 2 aromatic rings. The molecule has 0 atom stereocenters. The van der Waals surface area contributed by atoms with Gasteiger partial charge in [-0.15, -0.1) is 0 Å². The zero-order chi connectivity index (χ0) is 13.8. The van der Waals surface area contributed by atoms with Crippen LogP contribution in [0.25, 0.3) is 11.1 Å². The molecule has 0 amide bonds. The van der Waals surface area contributed by atoms with Crippen LogP contribution >= 0.6 is 0 Å². The van der Waals surface area contributed by atoms with Gasteiger partial charge in [0.1, 0.15) is 11.6 Å². The Bertz CT molecular complexity index is 591. The molecule has 1 N–H and O–H groups in total. The minimum atomic E-state index is -0.484. The number of hydrogen-bond donors (Lipinski definition) is 1. The molecule has 0 aliphatic rings. The van der Waals surface area contributed by atoms with Gasteiger partial charge in [0.05, 0.1) is 13.5 Å². The summed E-state index contributed by atoms with van der Waals surface area (Å²) in [6.45, 7) is 0. The van der Waals surface area contributed by atoms with Gasteiger partial charge in [-0.2, -0.15) is 0 Å². The van der Waals surface area contributed by atoms with Gasteiger partial charge < -0.3 is 9.84 Å². The minimum absolute atomic E-state index is 0.103. The third kappa shape index (κ3) is 3.10. The Morgan fingerprint density at radius 2 is 1.79 bits per heavy atom. The first-order chi connectivity index (χ1) is 9.10. The van der Waals surface area contributed by atoms with Gasteiger partial charge in [-0.1, -0.05) is 18.2 Å². The molecule has 0 fully saturated rings. The normalized spacial score (nSPS) is 10.2. The number of aromatic hydroxyl groups is 1. The van der Waals surface area contributed by atoms with Gasteiger partial charge in [-0.3, -0.25) is 4.79 Å². The van der Waals surface area contributed by atoms with Crippen LogP contribution in [-0.2, 0) is 16.0 Å². The first-order valence-corrected chi connectivity index (χ1v) is 5.75. The molecule has 0 saturated carbocycles. The van der Waals surface area contributed by atoms with E-state index in [1.165, 1.54) is 13.2 Å². The van der Waals surface area contributed by atoms with Crippen LogP contribution < -0.4 is 0 Å². The third-order valence-corrected chi connectivity index (χ3v) is 2.81. The molecule has 19 heavy (non-hydrogen) atoms. The van der Waals surface area contributed by atoms with E-state index in [0.29, 0.717) is 0 Å². The molecular formula is C15H13FO3. The van der Waals surface area contributed by atoms with E-state index in [4.69, 9.17) is 0 Å². The number of phenolic OH excluding ortho intramolecular Hbond substituents is 1. The minimum Gasteiger partial charge on any atom is -0.508 e. The van der Waals surface area contributed by atoms with Crippen LogP contribution in [0.4, 0.5) is 4.39 Å². The number of rotatable bonds is 3. The molecule has 98 valence electrons. The maximum Gasteiger partial charge on any atom is 0.310 e. The molecule has 0 aliphatic carbocycles. The maximum atomic E-state index is 13.6. The average Bonchev–Trinajstić information content (AvgIpc) is 2.42. The molecule has 0 aliphatic heterocycles. The molecule has 2 rings (SSSR count). The average molecular weight is 260 g/mol. The van der Waals surface area contributed by atoms with Crippen molar-refractivity contribution in [3.8, 4) is 16.9 Å². The number of esters is 1. The van der Waals surface area contributed by atoms with Crippen molar-refractivity contribution < 1.29 is 19.0 Å². The Hall–Kier alpha value is -2.36. The molecule has 0 saturated heterocycles. The number of carbonyl (C=O) groups excluding carboxylic acids is 1. The second-order valence-electron chi connectivity index (χ2n) is 4.11.